The maximum atomic E-state index is 13.2. The molecule has 1 aromatic carbocycles. The molecule has 0 radical (unpaired) electrons. The summed E-state index contributed by atoms with van der Waals surface area (Å²) >= 11 is 0. The summed E-state index contributed by atoms with van der Waals surface area (Å²) < 4.78 is 9.73. The molecule has 180 valence electrons. The van der Waals surface area contributed by atoms with E-state index in [9.17, 15) is 24.4 Å². The van der Waals surface area contributed by atoms with Gasteiger partial charge in [-0.25, -0.2) is 4.79 Å². The summed E-state index contributed by atoms with van der Waals surface area (Å²) in [5, 5.41) is 14.2. The number of hydrogen-bond donors (Lipinski definition) is 2. The van der Waals surface area contributed by atoms with Crippen molar-refractivity contribution in [1.82, 2.24) is 15.5 Å². The zero-order valence-corrected chi connectivity index (χ0v) is 20.1. The number of carbonyl (C=O) groups excluding carboxylic acids is 4. The lowest BCUT2D eigenvalue weighted by Gasteiger charge is -2.32. The van der Waals surface area contributed by atoms with Gasteiger partial charge in [0.25, 0.3) is 0 Å². The largest absolute Gasteiger partial charge is 0.468 e. The average Bonchev–Trinajstić information content (AvgIpc) is 2.71. The van der Waals surface area contributed by atoms with Crippen molar-refractivity contribution in [3.63, 3.8) is 0 Å². The average molecular weight is 461 g/mol. The van der Waals surface area contributed by atoms with E-state index in [0.717, 1.165) is 16.0 Å². The first-order chi connectivity index (χ1) is 15.3. The molecule has 3 amide bonds. The molecule has 10 heteroatoms. The van der Waals surface area contributed by atoms with E-state index in [-0.39, 0.29) is 0 Å². The van der Waals surface area contributed by atoms with Crippen LogP contribution in [0.1, 0.15) is 50.4 Å². The van der Waals surface area contributed by atoms with Crippen LogP contribution in [0.15, 0.2) is 18.2 Å². The van der Waals surface area contributed by atoms with E-state index >= 15 is 0 Å². The second kappa shape index (κ2) is 11.9. The highest BCUT2D eigenvalue weighted by Crippen LogP contribution is 2.24. The summed E-state index contributed by atoms with van der Waals surface area (Å²) in [7, 11) is 1.19. The monoisotopic (exact) mass is 460 g/mol. The third kappa shape index (κ3) is 8.44. The summed E-state index contributed by atoms with van der Waals surface area (Å²) in [4.78, 5) is 51.0. The van der Waals surface area contributed by atoms with Gasteiger partial charge >= 0.3 is 12.1 Å². The van der Waals surface area contributed by atoms with Gasteiger partial charge in [0.1, 0.15) is 30.8 Å². The quantitative estimate of drug-likeness (QED) is 0.446. The standard InChI is InChI=1S/C23H32N4O6/c1-14-8-9-17(12-15(14)2)19(20(29)25-13-18(28)32-7)27(11-10-24)21(30)16(3)26-22(31)33-23(4,5)6/h8-9,12,16,19H,11,13H2,1-7H3,(H,25,29)(H,26,31). The lowest BCUT2D eigenvalue weighted by atomic mass is 9.98. The summed E-state index contributed by atoms with van der Waals surface area (Å²) in [6, 6.07) is 4.79. The van der Waals surface area contributed by atoms with Gasteiger partial charge in [0.2, 0.25) is 11.8 Å². The number of carbonyl (C=O) groups is 4. The predicted molar refractivity (Wildman–Crippen MR) is 120 cm³/mol. The van der Waals surface area contributed by atoms with E-state index < -0.39 is 54.7 Å². The Morgan fingerprint density at radius 2 is 1.79 bits per heavy atom. The van der Waals surface area contributed by atoms with Crippen LogP contribution in [0.25, 0.3) is 0 Å². The van der Waals surface area contributed by atoms with Crippen molar-refractivity contribution in [3.05, 3.63) is 34.9 Å². The molecule has 0 saturated heterocycles. The smallest absolute Gasteiger partial charge is 0.408 e. The van der Waals surface area contributed by atoms with Crippen molar-refractivity contribution in [1.29, 1.82) is 5.26 Å². The molecular weight excluding hydrogens is 428 g/mol. The summed E-state index contributed by atoms with van der Waals surface area (Å²) in [5.41, 5.74) is 1.54. The molecule has 0 aliphatic rings. The first-order valence-corrected chi connectivity index (χ1v) is 10.4. The van der Waals surface area contributed by atoms with Crippen molar-refractivity contribution in [2.24, 2.45) is 0 Å². The van der Waals surface area contributed by atoms with Gasteiger partial charge < -0.3 is 25.0 Å². The molecule has 10 nitrogen and oxygen atoms in total. The topological polar surface area (TPSA) is 138 Å². The minimum absolute atomic E-state index is 0.406. The van der Waals surface area contributed by atoms with E-state index in [1.807, 2.05) is 19.9 Å². The first-order valence-electron chi connectivity index (χ1n) is 10.4. The number of alkyl carbamates (subject to hydrolysis) is 1. The van der Waals surface area contributed by atoms with Crippen LogP contribution >= 0.6 is 0 Å². The fourth-order valence-corrected chi connectivity index (χ4v) is 2.90. The van der Waals surface area contributed by atoms with Gasteiger partial charge in [0, 0.05) is 0 Å². The van der Waals surface area contributed by atoms with Crippen LogP contribution in [-0.2, 0) is 23.9 Å². The Morgan fingerprint density at radius 3 is 2.30 bits per heavy atom. The maximum Gasteiger partial charge on any atom is 0.408 e. The molecule has 0 fully saturated rings. The number of methoxy groups -OCH3 is 1. The molecule has 33 heavy (non-hydrogen) atoms. The molecule has 0 heterocycles. The lowest BCUT2D eigenvalue weighted by Crippen LogP contribution is -2.52. The highest BCUT2D eigenvalue weighted by molar-refractivity contribution is 5.93. The van der Waals surface area contributed by atoms with E-state index in [0.29, 0.717) is 5.56 Å². The molecule has 0 spiro atoms. The normalized spacial score (nSPS) is 12.5. The Bertz CT molecular complexity index is 932. The van der Waals surface area contributed by atoms with Gasteiger partial charge in [-0.3, -0.25) is 14.4 Å². The Kier molecular flexibility index (Phi) is 9.85. The Balaban J connectivity index is 3.30. The highest BCUT2D eigenvalue weighted by Gasteiger charge is 2.35. The van der Waals surface area contributed by atoms with Crippen LogP contribution < -0.4 is 10.6 Å². The summed E-state index contributed by atoms with van der Waals surface area (Å²) in [5.74, 6) is -2.00. The number of benzene rings is 1. The maximum absolute atomic E-state index is 13.2. The van der Waals surface area contributed by atoms with Crippen LogP contribution in [0.3, 0.4) is 0 Å². The van der Waals surface area contributed by atoms with Gasteiger partial charge in [0.05, 0.1) is 13.2 Å². The fourth-order valence-electron chi connectivity index (χ4n) is 2.90. The predicted octanol–water partition coefficient (Wildman–Crippen LogP) is 1.90. The van der Waals surface area contributed by atoms with E-state index in [4.69, 9.17) is 4.74 Å². The Hall–Kier alpha value is -3.61. The number of nitrogens with zero attached hydrogens (tertiary/aromatic N) is 2. The summed E-state index contributed by atoms with van der Waals surface area (Å²) in [6.07, 6.45) is -0.807. The molecular formula is C23H32N4O6. The number of hydrogen-bond acceptors (Lipinski definition) is 7. The molecule has 2 unspecified atom stereocenters. The molecule has 1 rings (SSSR count). The van der Waals surface area contributed by atoms with Gasteiger partial charge in [-0.05, 0) is 58.2 Å². The molecule has 0 aliphatic carbocycles. The number of aryl methyl sites for hydroxylation is 2. The molecule has 0 saturated carbocycles. The number of amides is 3. The van der Waals surface area contributed by atoms with Crippen LogP contribution in [0.2, 0.25) is 0 Å². The number of esters is 1. The second-order valence-electron chi connectivity index (χ2n) is 8.53. The van der Waals surface area contributed by atoms with E-state index in [2.05, 4.69) is 15.4 Å². The molecule has 2 atom stereocenters. The minimum Gasteiger partial charge on any atom is -0.468 e. The number of nitrogens with one attached hydrogen (secondary N) is 2. The number of ether oxygens (including phenoxy) is 2. The van der Waals surface area contributed by atoms with Gasteiger partial charge in [-0.2, -0.15) is 5.26 Å². The molecule has 0 aliphatic heterocycles. The van der Waals surface area contributed by atoms with Crippen LogP contribution in [0, 0.1) is 25.2 Å². The van der Waals surface area contributed by atoms with Crippen LogP contribution in [-0.4, -0.2) is 60.6 Å². The van der Waals surface area contributed by atoms with Crippen LogP contribution in [0.4, 0.5) is 4.79 Å². The van der Waals surface area contributed by atoms with Crippen molar-refractivity contribution in [3.8, 4) is 6.07 Å². The fraction of sp³-hybridized carbons (Fsp3) is 0.522. The molecule has 1 aromatic rings. The van der Waals surface area contributed by atoms with Gasteiger partial charge in [-0.1, -0.05) is 18.2 Å². The second-order valence-corrected chi connectivity index (χ2v) is 8.53. The highest BCUT2D eigenvalue weighted by atomic mass is 16.6. The number of rotatable bonds is 8. The Morgan fingerprint density at radius 1 is 1.15 bits per heavy atom. The van der Waals surface area contributed by atoms with Crippen molar-refractivity contribution in [2.45, 2.75) is 59.2 Å². The SMILES string of the molecule is COC(=O)CNC(=O)C(c1ccc(C)c(C)c1)N(CC#N)C(=O)C(C)NC(=O)OC(C)(C)C. The van der Waals surface area contributed by atoms with Crippen molar-refractivity contribution in [2.75, 3.05) is 20.2 Å². The van der Waals surface area contributed by atoms with E-state index in [1.165, 1.54) is 14.0 Å². The zero-order chi connectivity index (χ0) is 25.3. The van der Waals surface area contributed by atoms with Crippen LogP contribution in [0.5, 0.6) is 0 Å². The third-order valence-corrected chi connectivity index (χ3v) is 4.67. The minimum atomic E-state index is -1.22. The first kappa shape index (κ1) is 27.4. The Labute approximate surface area is 194 Å². The molecule has 0 bridgehead atoms. The summed E-state index contributed by atoms with van der Waals surface area (Å²) in [6.45, 7) is 9.40. The van der Waals surface area contributed by atoms with Crippen molar-refractivity contribution < 1.29 is 28.7 Å². The zero-order valence-electron chi connectivity index (χ0n) is 20.1. The number of nitriles is 1. The van der Waals surface area contributed by atoms with Gasteiger partial charge in [0.15, 0.2) is 0 Å². The molecule has 0 aromatic heterocycles. The third-order valence-electron chi connectivity index (χ3n) is 4.67. The van der Waals surface area contributed by atoms with E-state index in [1.54, 1.807) is 39.0 Å². The molecule has 2 N–H and O–H groups in total. The van der Waals surface area contributed by atoms with Gasteiger partial charge in [-0.15, -0.1) is 0 Å². The lowest BCUT2D eigenvalue weighted by molar-refractivity contribution is -0.144. The van der Waals surface area contributed by atoms with Crippen molar-refractivity contribution >= 4 is 23.9 Å².